The molecule has 0 aliphatic carbocycles. The molecule has 2 N–H and O–H groups in total. The van der Waals surface area contributed by atoms with Gasteiger partial charge in [0.1, 0.15) is 5.75 Å². The van der Waals surface area contributed by atoms with Crippen molar-refractivity contribution < 1.29 is 4.74 Å². The first-order valence-corrected chi connectivity index (χ1v) is 5.66. The summed E-state index contributed by atoms with van der Waals surface area (Å²) in [6.07, 6.45) is 0. The van der Waals surface area contributed by atoms with Crippen LogP contribution in [0.2, 0.25) is 0 Å². The minimum atomic E-state index is 0.344. The van der Waals surface area contributed by atoms with E-state index in [4.69, 9.17) is 4.74 Å². The zero-order chi connectivity index (χ0) is 12.3. The molecule has 0 fully saturated rings. The van der Waals surface area contributed by atoms with Crippen molar-refractivity contribution in [3.05, 3.63) is 41.6 Å². The van der Waals surface area contributed by atoms with E-state index in [-0.39, 0.29) is 0 Å². The normalized spacial score (nSPS) is 12.4. The van der Waals surface area contributed by atoms with Crippen LogP contribution >= 0.6 is 0 Å². The highest BCUT2D eigenvalue weighted by Gasteiger charge is 2.04. The Kier molecular flexibility index (Phi) is 3.44. The Bertz CT molecular complexity index is 476. The maximum Gasteiger partial charge on any atom is 0.238 e. The van der Waals surface area contributed by atoms with Crippen LogP contribution in [-0.4, -0.2) is 17.2 Å². The number of aryl methyl sites for hydroxylation is 1. The largest absolute Gasteiger partial charge is 0.438 e. The van der Waals surface area contributed by atoms with Crippen molar-refractivity contribution in [2.24, 2.45) is 0 Å². The molecule has 0 bridgehead atoms. The molecule has 2 rings (SSSR count). The minimum Gasteiger partial charge on any atom is -0.438 e. The molecule has 17 heavy (non-hydrogen) atoms. The standard InChI is InChI=1S/C13H17N3O/c1-9-8-13(16-15-9)17-12-6-4-11(5-7-12)10(2)14-3/h4-8,10,14H,1-3H3,(H,15,16). The molecule has 0 amide bonds. The number of aromatic nitrogens is 2. The first kappa shape index (κ1) is 11.7. The highest BCUT2D eigenvalue weighted by molar-refractivity contribution is 5.31. The third-order valence-electron chi connectivity index (χ3n) is 2.72. The van der Waals surface area contributed by atoms with Crippen LogP contribution in [0.3, 0.4) is 0 Å². The number of H-pyrrole nitrogens is 1. The second kappa shape index (κ2) is 5.01. The van der Waals surface area contributed by atoms with Gasteiger partial charge < -0.3 is 10.1 Å². The van der Waals surface area contributed by atoms with E-state index in [0.29, 0.717) is 11.9 Å². The lowest BCUT2D eigenvalue weighted by atomic mass is 10.1. The highest BCUT2D eigenvalue weighted by atomic mass is 16.5. The molecule has 2 aromatic rings. The summed E-state index contributed by atoms with van der Waals surface area (Å²) in [5, 5.41) is 10.1. The van der Waals surface area contributed by atoms with E-state index in [2.05, 4.69) is 34.6 Å². The molecule has 0 saturated heterocycles. The molecule has 1 aromatic heterocycles. The first-order valence-electron chi connectivity index (χ1n) is 5.66. The van der Waals surface area contributed by atoms with Gasteiger partial charge in [0.25, 0.3) is 0 Å². The van der Waals surface area contributed by atoms with Crippen molar-refractivity contribution in [1.82, 2.24) is 15.5 Å². The monoisotopic (exact) mass is 231 g/mol. The summed E-state index contributed by atoms with van der Waals surface area (Å²) in [5.41, 5.74) is 2.22. The van der Waals surface area contributed by atoms with Crippen LogP contribution < -0.4 is 10.1 Å². The van der Waals surface area contributed by atoms with E-state index in [0.717, 1.165) is 11.4 Å². The molecule has 4 heteroatoms. The maximum atomic E-state index is 5.60. The SMILES string of the molecule is CNC(C)c1ccc(Oc2cc(C)[nH]n2)cc1. The summed E-state index contributed by atoms with van der Waals surface area (Å²) < 4.78 is 5.60. The number of rotatable bonds is 4. The topological polar surface area (TPSA) is 49.9 Å². The van der Waals surface area contributed by atoms with Gasteiger partial charge in [-0.3, -0.25) is 5.10 Å². The molecule has 4 nitrogen and oxygen atoms in total. The van der Waals surface area contributed by atoms with Crippen LogP contribution in [0.15, 0.2) is 30.3 Å². The van der Waals surface area contributed by atoms with Crippen molar-refractivity contribution in [2.45, 2.75) is 19.9 Å². The predicted octanol–water partition coefficient (Wildman–Crippen LogP) is 2.79. The molecule has 0 spiro atoms. The molecule has 0 aliphatic heterocycles. The second-order valence-electron chi connectivity index (χ2n) is 4.07. The van der Waals surface area contributed by atoms with Gasteiger partial charge in [0, 0.05) is 17.8 Å². The van der Waals surface area contributed by atoms with Crippen LogP contribution in [0.25, 0.3) is 0 Å². The van der Waals surface area contributed by atoms with E-state index >= 15 is 0 Å². The summed E-state index contributed by atoms with van der Waals surface area (Å²) in [5.74, 6) is 1.39. The molecule has 1 aromatic carbocycles. The quantitative estimate of drug-likeness (QED) is 0.850. The summed E-state index contributed by atoms with van der Waals surface area (Å²) in [4.78, 5) is 0. The summed E-state index contributed by atoms with van der Waals surface area (Å²) in [6.45, 7) is 4.06. The average Bonchev–Trinajstić information content (AvgIpc) is 2.75. The maximum absolute atomic E-state index is 5.60. The van der Waals surface area contributed by atoms with Gasteiger partial charge in [0.2, 0.25) is 5.88 Å². The summed E-state index contributed by atoms with van der Waals surface area (Å²) in [6, 6.07) is 10.2. The van der Waals surface area contributed by atoms with Gasteiger partial charge in [-0.1, -0.05) is 12.1 Å². The number of nitrogens with one attached hydrogen (secondary N) is 2. The third-order valence-corrected chi connectivity index (χ3v) is 2.72. The van der Waals surface area contributed by atoms with Gasteiger partial charge in [0.05, 0.1) is 0 Å². The summed E-state index contributed by atoms with van der Waals surface area (Å²) in [7, 11) is 1.95. The van der Waals surface area contributed by atoms with Gasteiger partial charge in [0.15, 0.2) is 0 Å². The Morgan fingerprint density at radius 3 is 2.53 bits per heavy atom. The van der Waals surface area contributed by atoms with Gasteiger partial charge in [-0.2, -0.15) is 0 Å². The van der Waals surface area contributed by atoms with Crippen molar-refractivity contribution in [3.63, 3.8) is 0 Å². The number of hydrogen-bond donors (Lipinski definition) is 2. The van der Waals surface area contributed by atoms with Crippen LogP contribution in [0, 0.1) is 6.92 Å². The average molecular weight is 231 g/mol. The summed E-state index contributed by atoms with van der Waals surface area (Å²) >= 11 is 0. The van der Waals surface area contributed by atoms with Crippen LogP contribution in [0.4, 0.5) is 0 Å². The Morgan fingerprint density at radius 1 is 1.29 bits per heavy atom. The van der Waals surface area contributed by atoms with Crippen LogP contribution in [0.1, 0.15) is 24.2 Å². The first-order chi connectivity index (χ1) is 8.19. The Labute approximate surface area is 101 Å². The number of aromatic amines is 1. The van der Waals surface area contributed by atoms with Gasteiger partial charge in [-0.25, -0.2) is 0 Å². The fraction of sp³-hybridized carbons (Fsp3) is 0.308. The molecular formula is C13H17N3O. The van der Waals surface area contributed by atoms with Gasteiger partial charge in [-0.15, -0.1) is 5.10 Å². The number of benzene rings is 1. The lowest BCUT2D eigenvalue weighted by molar-refractivity contribution is 0.461. The predicted molar refractivity (Wildman–Crippen MR) is 67.3 cm³/mol. The fourth-order valence-corrected chi connectivity index (χ4v) is 1.56. The van der Waals surface area contributed by atoms with Crippen LogP contribution in [-0.2, 0) is 0 Å². The number of ether oxygens (including phenoxy) is 1. The Balaban J connectivity index is 2.08. The molecule has 0 aliphatic rings. The van der Waals surface area contributed by atoms with Gasteiger partial charge in [-0.05, 0) is 38.6 Å². The lowest BCUT2D eigenvalue weighted by Crippen LogP contribution is -2.11. The third kappa shape index (κ3) is 2.85. The highest BCUT2D eigenvalue weighted by Crippen LogP contribution is 2.22. The molecule has 1 unspecified atom stereocenters. The zero-order valence-electron chi connectivity index (χ0n) is 10.3. The molecule has 0 radical (unpaired) electrons. The van der Waals surface area contributed by atoms with Crippen molar-refractivity contribution in [3.8, 4) is 11.6 Å². The van der Waals surface area contributed by atoms with E-state index in [9.17, 15) is 0 Å². The Hall–Kier alpha value is -1.81. The van der Waals surface area contributed by atoms with Crippen molar-refractivity contribution >= 4 is 0 Å². The van der Waals surface area contributed by atoms with E-state index in [1.807, 2.05) is 32.2 Å². The van der Waals surface area contributed by atoms with Crippen molar-refractivity contribution in [2.75, 3.05) is 7.05 Å². The zero-order valence-corrected chi connectivity index (χ0v) is 10.3. The number of hydrogen-bond acceptors (Lipinski definition) is 3. The van der Waals surface area contributed by atoms with Crippen LogP contribution in [0.5, 0.6) is 11.6 Å². The molecule has 90 valence electrons. The van der Waals surface area contributed by atoms with E-state index < -0.39 is 0 Å². The minimum absolute atomic E-state index is 0.344. The molecule has 1 atom stereocenters. The molecule has 0 saturated carbocycles. The van der Waals surface area contributed by atoms with Gasteiger partial charge >= 0.3 is 0 Å². The molecule has 1 heterocycles. The van der Waals surface area contributed by atoms with Crippen molar-refractivity contribution in [1.29, 1.82) is 0 Å². The van der Waals surface area contributed by atoms with E-state index in [1.54, 1.807) is 0 Å². The van der Waals surface area contributed by atoms with E-state index in [1.165, 1.54) is 5.56 Å². The number of nitrogens with zero attached hydrogens (tertiary/aromatic N) is 1. The molecular weight excluding hydrogens is 214 g/mol. The second-order valence-corrected chi connectivity index (χ2v) is 4.07. The Morgan fingerprint density at radius 2 is 2.00 bits per heavy atom. The smallest absolute Gasteiger partial charge is 0.238 e. The fourth-order valence-electron chi connectivity index (χ4n) is 1.56. The lowest BCUT2D eigenvalue weighted by Gasteiger charge is -2.10.